The van der Waals surface area contributed by atoms with Crippen molar-refractivity contribution in [1.82, 2.24) is 9.62 Å². The van der Waals surface area contributed by atoms with E-state index in [0.717, 1.165) is 24.1 Å². The molecule has 1 aromatic heterocycles. The molecule has 1 fully saturated rings. The van der Waals surface area contributed by atoms with Crippen LogP contribution in [0.1, 0.15) is 47.5 Å². The van der Waals surface area contributed by atoms with Gasteiger partial charge in [-0.15, -0.1) is 11.3 Å². The van der Waals surface area contributed by atoms with Crippen LogP contribution in [0.25, 0.3) is 0 Å². The highest BCUT2D eigenvalue weighted by atomic mass is 35.5. The number of carbonyl (C=O) groups is 2. The Balaban J connectivity index is 1.65. The van der Waals surface area contributed by atoms with Crippen LogP contribution in [0.3, 0.4) is 0 Å². The van der Waals surface area contributed by atoms with Gasteiger partial charge in [0.25, 0.3) is 5.91 Å². The Kier molecular flexibility index (Phi) is 7.51. The molecular formula is C20H23ClN2O5S2. The molecule has 0 spiro atoms. The summed E-state index contributed by atoms with van der Waals surface area (Å²) in [6, 6.07) is 7.51. The van der Waals surface area contributed by atoms with Gasteiger partial charge in [-0.2, -0.15) is 4.31 Å². The smallest absolute Gasteiger partial charge is 0.340 e. The van der Waals surface area contributed by atoms with Crippen molar-refractivity contribution in [2.75, 3.05) is 19.7 Å². The number of esters is 1. The van der Waals surface area contributed by atoms with E-state index < -0.39 is 28.5 Å². The van der Waals surface area contributed by atoms with Crippen LogP contribution in [-0.2, 0) is 19.6 Å². The molecule has 1 N–H and O–H groups in total. The predicted octanol–water partition coefficient (Wildman–Crippen LogP) is 3.61. The number of carbonyl (C=O) groups excluding carboxylic acids is 2. The molecule has 162 valence electrons. The van der Waals surface area contributed by atoms with Crippen molar-refractivity contribution in [3.8, 4) is 0 Å². The number of thiophene rings is 1. The summed E-state index contributed by atoms with van der Waals surface area (Å²) in [4.78, 5) is 25.5. The first-order valence-corrected chi connectivity index (χ1v) is 12.3. The Morgan fingerprint density at radius 3 is 2.63 bits per heavy atom. The first kappa shape index (κ1) is 22.7. The van der Waals surface area contributed by atoms with Crippen molar-refractivity contribution in [2.45, 2.75) is 37.1 Å². The highest BCUT2D eigenvalue weighted by molar-refractivity contribution is 7.89. The fourth-order valence-electron chi connectivity index (χ4n) is 3.18. The molecular weight excluding hydrogens is 448 g/mol. The van der Waals surface area contributed by atoms with E-state index in [1.54, 1.807) is 0 Å². The first-order valence-electron chi connectivity index (χ1n) is 9.58. The minimum atomic E-state index is -3.72. The molecule has 1 aliphatic rings. The van der Waals surface area contributed by atoms with Crippen LogP contribution in [0.5, 0.6) is 0 Å². The Bertz CT molecular complexity index is 1000. The zero-order valence-electron chi connectivity index (χ0n) is 16.5. The van der Waals surface area contributed by atoms with Crippen LogP contribution < -0.4 is 5.32 Å². The molecule has 0 bridgehead atoms. The van der Waals surface area contributed by atoms with Gasteiger partial charge in [-0.05, 0) is 49.4 Å². The van der Waals surface area contributed by atoms with Gasteiger partial charge < -0.3 is 10.1 Å². The normalized spacial score (nSPS) is 16.1. The van der Waals surface area contributed by atoms with Crippen molar-refractivity contribution < 1.29 is 22.7 Å². The lowest BCUT2D eigenvalue weighted by atomic mass is 10.2. The minimum Gasteiger partial charge on any atom is -0.452 e. The lowest BCUT2D eigenvalue weighted by Crippen LogP contribution is -2.35. The average molecular weight is 471 g/mol. The summed E-state index contributed by atoms with van der Waals surface area (Å²) in [5.41, 5.74) is -0.0890. The molecule has 0 aliphatic carbocycles. The second kappa shape index (κ2) is 9.91. The van der Waals surface area contributed by atoms with Gasteiger partial charge in [-0.1, -0.05) is 24.1 Å². The lowest BCUT2D eigenvalue weighted by Gasteiger charge is -2.26. The van der Waals surface area contributed by atoms with Crippen LogP contribution in [0, 0.1) is 0 Å². The van der Waals surface area contributed by atoms with Crippen molar-refractivity contribution in [3.05, 3.63) is 51.2 Å². The topological polar surface area (TPSA) is 92.8 Å². The fourth-order valence-corrected chi connectivity index (χ4v) is 5.65. The number of amides is 1. The maximum absolute atomic E-state index is 12.8. The van der Waals surface area contributed by atoms with Gasteiger partial charge in [0.1, 0.15) is 0 Å². The highest BCUT2D eigenvalue weighted by Gasteiger charge is 2.27. The average Bonchev–Trinajstić information content (AvgIpc) is 3.28. The van der Waals surface area contributed by atoms with E-state index in [4.69, 9.17) is 16.3 Å². The maximum Gasteiger partial charge on any atom is 0.340 e. The third-order valence-corrected chi connectivity index (χ3v) is 8.07. The Labute approximate surface area is 185 Å². The molecule has 7 nitrogen and oxygen atoms in total. The molecule has 2 aromatic rings. The van der Waals surface area contributed by atoms with Gasteiger partial charge in [0, 0.05) is 18.0 Å². The summed E-state index contributed by atoms with van der Waals surface area (Å²) in [5.74, 6) is -1.31. The Morgan fingerprint density at radius 1 is 1.23 bits per heavy atom. The van der Waals surface area contributed by atoms with Gasteiger partial charge in [-0.25, -0.2) is 13.2 Å². The second-order valence-corrected chi connectivity index (χ2v) is 10.3. The fraction of sp³-hybridized carbons (Fsp3) is 0.400. The third kappa shape index (κ3) is 5.40. The molecule has 10 heteroatoms. The molecule has 1 atom stereocenters. The van der Waals surface area contributed by atoms with Crippen molar-refractivity contribution in [3.63, 3.8) is 0 Å². The molecule has 1 aromatic carbocycles. The highest BCUT2D eigenvalue weighted by Crippen LogP contribution is 2.25. The number of piperidine rings is 1. The number of rotatable bonds is 7. The van der Waals surface area contributed by atoms with Crippen LogP contribution in [-0.4, -0.2) is 44.3 Å². The molecule has 30 heavy (non-hydrogen) atoms. The molecule has 0 radical (unpaired) electrons. The van der Waals surface area contributed by atoms with E-state index in [2.05, 4.69) is 5.32 Å². The third-order valence-electron chi connectivity index (χ3n) is 4.79. The number of benzene rings is 1. The van der Waals surface area contributed by atoms with Gasteiger partial charge >= 0.3 is 5.97 Å². The SMILES string of the molecule is CC(NC(=O)COC(=O)c1cc(S(=O)(=O)N2CCCCC2)ccc1Cl)c1cccs1. The molecule has 2 heterocycles. The van der Waals surface area contributed by atoms with E-state index in [1.807, 2.05) is 24.4 Å². The predicted molar refractivity (Wildman–Crippen MR) is 115 cm³/mol. The first-order chi connectivity index (χ1) is 14.3. The largest absolute Gasteiger partial charge is 0.452 e. The lowest BCUT2D eigenvalue weighted by molar-refractivity contribution is -0.124. The van der Waals surface area contributed by atoms with E-state index in [9.17, 15) is 18.0 Å². The summed E-state index contributed by atoms with van der Waals surface area (Å²) < 4.78 is 32.2. The maximum atomic E-state index is 12.8. The van der Waals surface area contributed by atoms with Crippen molar-refractivity contribution in [2.24, 2.45) is 0 Å². The number of halogens is 1. The number of nitrogens with zero attached hydrogens (tertiary/aromatic N) is 1. The Hall–Kier alpha value is -1.94. The second-order valence-electron chi connectivity index (χ2n) is 6.99. The zero-order chi connectivity index (χ0) is 21.7. The summed E-state index contributed by atoms with van der Waals surface area (Å²) in [6.45, 7) is 2.24. The minimum absolute atomic E-state index is 0.0171. The van der Waals surface area contributed by atoms with Crippen LogP contribution in [0.15, 0.2) is 40.6 Å². The molecule has 1 unspecified atom stereocenters. The standard InChI is InChI=1S/C20H23ClN2O5S2/c1-14(18-6-5-11-29-18)22-19(24)13-28-20(25)16-12-15(7-8-17(16)21)30(26,27)23-9-3-2-4-10-23/h5-8,11-12,14H,2-4,9-10,13H2,1H3,(H,22,24). The summed E-state index contributed by atoms with van der Waals surface area (Å²) in [6.07, 6.45) is 2.61. The van der Waals surface area contributed by atoms with Crippen LogP contribution >= 0.6 is 22.9 Å². The van der Waals surface area contributed by atoms with Crippen molar-refractivity contribution in [1.29, 1.82) is 0 Å². The molecule has 1 aliphatic heterocycles. The van der Waals surface area contributed by atoms with Gasteiger partial charge in [-0.3, -0.25) is 4.79 Å². The number of hydrogen-bond acceptors (Lipinski definition) is 6. The number of ether oxygens (including phenoxy) is 1. The molecule has 3 rings (SSSR count). The number of nitrogens with one attached hydrogen (secondary N) is 1. The summed E-state index contributed by atoms with van der Waals surface area (Å²) in [7, 11) is -3.72. The van der Waals surface area contributed by atoms with Gasteiger partial charge in [0.05, 0.1) is 21.5 Å². The molecule has 1 saturated heterocycles. The van der Waals surface area contributed by atoms with Crippen LogP contribution in [0.4, 0.5) is 0 Å². The van der Waals surface area contributed by atoms with E-state index in [1.165, 1.54) is 33.8 Å². The Morgan fingerprint density at radius 2 is 1.97 bits per heavy atom. The number of hydrogen-bond donors (Lipinski definition) is 1. The van der Waals surface area contributed by atoms with E-state index >= 15 is 0 Å². The monoisotopic (exact) mass is 470 g/mol. The number of sulfonamides is 1. The van der Waals surface area contributed by atoms with Crippen molar-refractivity contribution >= 4 is 44.8 Å². The van der Waals surface area contributed by atoms with E-state index in [0.29, 0.717) is 13.1 Å². The summed E-state index contributed by atoms with van der Waals surface area (Å²) >= 11 is 7.60. The van der Waals surface area contributed by atoms with E-state index in [-0.39, 0.29) is 21.5 Å². The van der Waals surface area contributed by atoms with Crippen LogP contribution in [0.2, 0.25) is 5.02 Å². The molecule has 1 amide bonds. The summed E-state index contributed by atoms with van der Waals surface area (Å²) in [5, 5.41) is 4.71. The zero-order valence-corrected chi connectivity index (χ0v) is 18.9. The van der Waals surface area contributed by atoms with Gasteiger partial charge in [0.15, 0.2) is 6.61 Å². The molecule has 0 saturated carbocycles. The quantitative estimate of drug-likeness (QED) is 0.624. The van der Waals surface area contributed by atoms with Gasteiger partial charge in [0.2, 0.25) is 10.0 Å².